The van der Waals surface area contributed by atoms with E-state index in [0.717, 1.165) is 0 Å². The van der Waals surface area contributed by atoms with Crippen LogP contribution in [0.4, 0.5) is 8.78 Å². The zero-order valence-corrected chi connectivity index (χ0v) is 20.3. The van der Waals surface area contributed by atoms with Crippen molar-refractivity contribution in [2.45, 2.75) is 25.9 Å². The normalized spacial score (nSPS) is 13.6. The number of fused-ring (bicyclic) bond motifs is 1. The standard InChI is InChI=1S/C27H28F2N2O5/c1-34-20-8-7-19(22(29)15-20)17-30-11-9-23-26(27(33)35-2)24(16-25(32)31(23)13-12-30)36-14-10-18-5-3-4-6-21(18)28/h3-8,15-16H,9-14,17H2,1-2H3. The van der Waals surface area contributed by atoms with Crippen molar-refractivity contribution in [1.29, 1.82) is 0 Å². The number of hydrogen-bond donors (Lipinski definition) is 0. The molecule has 0 atom stereocenters. The zero-order valence-electron chi connectivity index (χ0n) is 20.3. The summed E-state index contributed by atoms with van der Waals surface area (Å²) in [6, 6.07) is 12.4. The van der Waals surface area contributed by atoms with Crippen LogP contribution in [0.2, 0.25) is 0 Å². The molecule has 0 saturated heterocycles. The Kier molecular flexibility index (Phi) is 8.00. The van der Waals surface area contributed by atoms with Gasteiger partial charge in [0.05, 0.1) is 20.8 Å². The Morgan fingerprint density at radius 1 is 0.972 bits per heavy atom. The summed E-state index contributed by atoms with van der Waals surface area (Å²) in [5, 5.41) is 0. The van der Waals surface area contributed by atoms with Gasteiger partial charge in [0.1, 0.15) is 28.7 Å². The first-order chi connectivity index (χ1) is 17.4. The molecule has 1 aromatic heterocycles. The first-order valence-corrected chi connectivity index (χ1v) is 11.7. The molecule has 190 valence electrons. The second-order valence-electron chi connectivity index (χ2n) is 8.49. The number of rotatable bonds is 8. The van der Waals surface area contributed by atoms with Crippen molar-refractivity contribution in [3.8, 4) is 11.5 Å². The van der Waals surface area contributed by atoms with Gasteiger partial charge in [-0.3, -0.25) is 9.69 Å². The van der Waals surface area contributed by atoms with Crippen LogP contribution in [0.1, 0.15) is 27.2 Å². The fourth-order valence-corrected chi connectivity index (χ4v) is 4.38. The minimum Gasteiger partial charge on any atom is -0.497 e. The van der Waals surface area contributed by atoms with E-state index in [0.29, 0.717) is 55.2 Å². The fraction of sp³-hybridized carbons (Fsp3) is 0.333. The Morgan fingerprint density at radius 2 is 1.78 bits per heavy atom. The number of ether oxygens (including phenoxy) is 3. The predicted octanol–water partition coefficient (Wildman–Crippen LogP) is 3.60. The van der Waals surface area contributed by atoms with Crippen LogP contribution in [0.25, 0.3) is 0 Å². The van der Waals surface area contributed by atoms with Crippen LogP contribution < -0.4 is 15.0 Å². The highest BCUT2D eigenvalue weighted by atomic mass is 19.1. The molecule has 0 amide bonds. The van der Waals surface area contributed by atoms with Crippen molar-refractivity contribution in [3.05, 3.63) is 92.9 Å². The molecule has 0 spiro atoms. The first kappa shape index (κ1) is 25.4. The van der Waals surface area contributed by atoms with E-state index in [1.54, 1.807) is 34.9 Å². The second kappa shape index (κ2) is 11.3. The smallest absolute Gasteiger partial charge is 0.343 e. The van der Waals surface area contributed by atoms with Gasteiger partial charge < -0.3 is 18.8 Å². The highest BCUT2D eigenvalue weighted by molar-refractivity contribution is 5.93. The summed E-state index contributed by atoms with van der Waals surface area (Å²) >= 11 is 0. The SMILES string of the molecule is COC(=O)c1c(OCCc2ccccc2F)cc(=O)n2c1CCN(Cc1ccc(OC)cc1F)CC2. The molecule has 0 N–H and O–H groups in total. The third-order valence-corrected chi connectivity index (χ3v) is 6.32. The highest BCUT2D eigenvalue weighted by Crippen LogP contribution is 2.25. The molecule has 0 radical (unpaired) electrons. The van der Waals surface area contributed by atoms with Gasteiger partial charge in [-0.2, -0.15) is 0 Å². The zero-order chi connectivity index (χ0) is 25.7. The van der Waals surface area contributed by atoms with Crippen molar-refractivity contribution < 1.29 is 27.8 Å². The van der Waals surface area contributed by atoms with E-state index in [-0.39, 0.29) is 41.5 Å². The third kappa shape index (κ3) is 5.57. The predicted molar refractivity (Wildman–Crippen MR) is 130 cm³/mol. The summed E-state index contributed by atoms with van der Waals surface area (Å²) in [5.74, 6) is -0.770. The number of esters is 1. The lowest BCUT2D eigenvalue weighted by Gasteiger charge is -2.20. The summed E-state index contributed by atoms with van der Waals surface area (Å²) in [5.41, 5.74) is 1.37. The summed E-state index contributed by atoms with van der Waals surface area (Å²) in [6.45, 7) is 1.74. The summed E-state index contributed by atoms with van der Waals surface area (Å²) in [7, 11) is 2.75. The van der Waals surface area contributed by atoms with Crippen LogP contribution >= 0.6 is 0 Å². The van der Waals surface area contributed by atoms with Gasteiger partial charge in [-0.25, -0.2) is 13.6 Å². The Morgan fingerprint density at radius 3 is 2.50 bits per heavy atom. The molecule has 3 aromatic rings. The number of aromatic nitrogens is 1. The summed E-state index contributed by atoms with van der Waals surface area (Å²) < 4.78 is 45.9. The monoisotopic (exact) mass is 498 g/mol. The van der Waals surface area contributed by atoms with Crippen LogP contribution in [-0.2, 0) is 30.7 Å². The molecule has 9 heteroatoms. The maximum Gasteiger partial charge on any atom is 0.343 e. The number of pyridine rings is 1. The molecule has 0 bridgehead atoms. The van der Waals surface area contributed by atoms with E-state index in [1.807, 2.05) is 4.90 Å². The van der Waals surface area contributed by atoms with Crippen molar-refractivity contribution in [1.82, 2.24) is 9.47 Å². The minimum absolute atomic E-state index is 0.0801. The molecule has 0 unspecified atom stereocenters. The van der Waals surface area contributed by atoms with Gasteiger partial charge in [0, 0.05) is 62.4 Å². The first-order valence-electron chi connectivity index (χ1n) is 11.7. The number of benzene rings is 2. The van der Waals surface area contributed by atoms with Crippen LogP contribution in [0.15, 0.2) is 53.3 Å². The molecular formula is C27H28F2N2O5. The molecular weight excluding hydrogens is 470 g/mol. The molecule has 2 aromatic carbocycles. The Labute approximate surface area is 207 Å². The number of carbonyl (C=O) groups is 1. The average molecular weight is 499 g/mol. The lowest BCUT2D eigenvalue weighted by Crippen LogP contribution is -2.29. The van der Waals surface area contributed by atoms with Gasteiger partial charge in [0.15, 0.2) is 0 Å². The molecule has 36 heavy (non-hydrogen) atoms. The van der Waals surface area contributed by atoms with Gasteiger partial charge in [0.2, 0.25) is 0 Å². The van der Waals surface area contributed by atoms with Crippen LogP contribution in [0.3, 0.4) is 0 Å². The fourth-order valence-electron chi connectivity index (χ4n) is 4.38. The van der Waals surface area contributed by atoms with Gasteiger partial charge in [-0.15, -0.1) is 0 Å². The minimum atomic E-state index is -0.616. The third-order valence-electron chi connectivity index (χ3n) is 6.32. The van der Waals surface area contributed by atoms with Crippen molar-refractivity contribution in [2.24, 2.45) is 0 Å². The topological polar surface area (TPSA) is 70.0 Å². The van der Waals surface area contributed by atoms with E-state index < -0.39 is 5.97 Å². The Hall–Kier alpha value is -3.72. The maximum absolute atomic E-state index is 14.5. The van der Waals surface area contributed by atoms with Crippen molar-refractivity contribution in [3.63, 3.8) is 0 Å². The lowest BCUT2D eigenvalue weighted by atomic mass is 10.1. The molecule has 0 fully saturated rings. The number of hydrogen-bond acceptors (Lipinski definition) is 6. The van der Waals surface area contributed by atoms with Gasteiger partial charge in [-0.1, -0.05) is 24.3 Å². The molecule has 0 aliphatic carbocycles. The number of halogens is 2. The number of nitrogens with zero attached hydrogens (tertiary/aromatic N) is 2. The van der Waals surface area contributed by atoms with Crippen molar-refractivity contribution in [2.75, 3.05) is 33.9 Å². The van der Waals surface area contributed by atoms with Gasteiger partial charge >= 0.3 is 5.97 Å². The van der Waals surface area contributed by atoms with Gasteiger partial charge in [0.25, 0.3) is 5.56 Å². The number of carbonyl (C=O) groups excluding carboxylic acids is 1. The van der Waals surface area contributed by atoms with Crippen LogP contribution in [0.5, 0.6) is 11.5 Å². The van der Waals surface area contributed by atoms with E-state index in [4.69, 9.17) is 14.2 Å². The average Bonchev–Trinajstić information content (AvgIpc) is 3.09. The summed E-state index contributed by atoms with van der Waals surface area (Å²) in [4.78, 5) is 27.7. The number of methoxy groups -OCH3 is 2. The largest absolute Gasteiger partial charge is 0.497 e. The molecule has 0 saturated carbocycles. The molecule has 7 nitrogen and oxygen atoms in total. The Bertz CT molecular complexity index is 1310. The summed E-state index contributed by atoms with van der Waals surface area (Å²) in [6.07, 6.45) is 0.634. The molecule has 2 heterocycles. The van der Waals surface area contributed by atoms with Crippen molar-refractivity contribution >= 4 is 5.97 Å². The van der Waals surface area contributed by atoms with Crippen LogP contribution in [0, 0.1) is 11.6 Å². The van der Waals surface area contributed by atoms with E-state index >= 15 is 0 Å². The molecule has 1 aliphatic rings. The second-order valence-corrected chi connectivity index (χ2v) is 8.49. The van der Waals surface area contributed by atoms with Gasteiger partial charge in [-0.05, 0) is 17.7 Å². The maximum atomic E-state index is 14.5. The molecule has 1 aliphatic heterocycles. The Balaban J connectivity index is 1.55. The van der Waals surface area contributed by atoms with Crippen LogP contribution in [-0.4, -0.2) is 49.4 Å². The quantitative estimate of drug-likeness (QED) is 0.442. The molecule has 4 rings (SSSR count). The highest BCUT2D eigenvalue weighted by Gasteiger charge is 2.26. The van der Waals surface area contributed by atoms with E-state index in [9.17, 15) is 18.4 Å². The van der Waals surface area contributed by atoms with E-state index in [2.05, 4.69) is 0 Å². The lowest BCUT2D eigenvalue weighted by molar-refractivity contribution is 0.0593. The van der Waals surface area contributed by atoms with E-state index in [1.165, 1.54) is 32.4 Å².